The third kappa shape index (κ3) is 5.01. The van der Waals surface area contributed by atoms with Crippen molar-refractivity contribution in [3.05, 3.63) is 65.3 Å². The van der Waals surface area contributed by atoms with Gasteiger partial charge in [-0.3, -0.25) is 0 Å². The Bertz CT molecular complexity index is 1060. The van der Waals surface area contributed by atoms with Gasteiger partial charge in [-0.2, -0.15) is 0 Å². The second-order valence-electron chi connectivity index (χ2n) is 7.16. The van der Waals surface area contributed by atoms with Gasteiger partial charge in [-0.25, -0.2) is 14.4 Å². The van der Waals surface area contributed by atoms with Gasteiger partial charge in [-0.1, -0.05) is 12.1 Å². The lowest BCUT2D eigenvalue weighted by atomic mass is 9.99. The van der Waals surface area contributed by atoms with Gasteiger partial charge in [0.15, 0.2) is 0 Å². The van der Waals surface area contributed by atoms with Gasteiger partial charge in [0.1, 0.15) is 36.0 Å². The Morgan fingerprint density at radius 1 is 1.03 bits per heavy atom. The predicted molar refractivity (Wildman–Crippen MR) is 116 cm³/mol. The number of hydrogen-bond acceptors (Lipinski definition) is 9. The van der Waals surface area contributed by atoms with Crippen LogP contribution in [0.5, 0.6) is 5.75 Å². The average Bonchev–Trinajstić information content (AvgIpc) is 3.28. The first-order valence-electron chi connectivity index (χ1n) is 9.77. The number of benzene rings is 2. The number of aromatic nitrogens is 1. The van der Waals surface area contributed by atoms with Gasteiger partial charge in [0.05, 0.1) is 12.3 Å². The zero-order valence-electron chi connectivity index (χ0n) is 16.7. The molecule has 0 saturated carbocycles. The minimum atomic E-state index is -1.51. The van der Waals surface area contributed by atoms with Gasteiger partial charge in [0.25, 0.3) is 0 Å². The molecule has 0 unspecified atom stereocenters. The molecule has 1 saturated heterocycles. The second-order valence-corrected chi connectivity index (χ2v) is 8.00. The summed E-state index contributed by atoms with van der Waals surface area (Å²) in [4.78, 5) is 8.77. The van der Waals surface area contributed by atoms with Crippen LogP contribution < -0.4 is 4.74 Å². The van der Waals surface area contributed by atoms with Crippen molar-refractivity contribution in [2.45, 2.75) is 30.7 Å². The Hall–Kier alpha value is -2.73. The van der Waals surface area contributed by atoms with E-state index in [9.17, 15) is 24.8 Å². The Labute approximate surface area is 186 Å². The highest BCUT2D eigenvalue weighted by atomic mass is 32.1. The van der Waals surface area contributed by atoms with E-state index in [2.05, 4.69) is 9.98 Å². The van der Waals surface area contributed by atoms with Crippen LogP contribution >= 0.6 is 11.3 Å². The van der Waals surface area contributed by atoms with Crippen LogP contribution in [0.3, 0.4) is 0 Å². The Morgan fingerprint density at radius 3 is 2.44 bits per heavy atom. The molecule has 5 atom stereocenters. The number of thiazole rings is 1. The number of aliphatic imine (C=N–C) groups is 1. The van der Waals surface area contributed by atoms with E-state index in [1.165, 1.54) is 23.5 Å². The van der Waals surface area contributed by atoms with E-state index in [-0.39, 0.29) is 5.82 Å². The molecule has 4 N–H and O–H groups in total. The molecule has 0 spiro atoms. The molecule has 1 aliphatic rings. The summed E-state index contributed by atoms with van der Waals surface area (Å²) in [5.41, 5.74) is 2.28. The summed E-state index contributed by atoms with van der Waals surface area (Å²) < 4.78 is 23.9. The Kier molecular flexibility index (Phi) is 6.89. The van der Waals surface area contributed by atoms with Gasteiger partial charge >= 0.3 is 0 Å². The number of aliphatic hydroxyl groups is 4. The minimum absolute atomic E-state index is 0.308. The third-order valence-electron chi connectivity index (χ3n) is 4.94. The molecule has 1 aliphatic heterocycles. The standard InChI is InChI=1S/C22H21FN2O6S/c23-14-5-1-12(2-6-14)9-24-22-25-16(11-32-22)13-3-7-15(8-4-13)30-21-20(29)19(28)18(27)17(10-26)31-21/h1-9,11,17-21,26-29H,10H2/b24-9+/t17-,18-,19+,20-,21-/m1/s1. The molecule has 0 aliphatic carbocycles. The zero-order valence-corrected chi connectivity index (χ0v) is 17.5. The maximum absolute atomic E-state index is 13.0. The van der Waals surface area contributed by atoms with Gasteiger partial charge in [0, 0.05) is 17.2 Å². The molecular formula is C22H21FN2O6S. The first kappa shape index (κ1) is 22.5. The molecular weight excluding hydrogens is 439 g/mol. The minimum Gasteiger partial charge on any atom is -0.462 e. The van der Waals surface area contributed by atoms with Crippen LogP contribution in [0.2, 0.25) is 0 Å². The molecule has 8 nitrogen and oxygen atoms in total. The summed E-state index contributed by atoms with van der Waals surface area (Å²) in [6.07, 6.45) is -5.10. The van der Waals surface area contributed by atoms with Crippen molar-refractivity contribution >= 4 is 22.7 Å². The van der Waals surface area contributed by atoms with E-state index in [1.54, 1.807) is 42.6 Å². The Balaban J connectivity index is 1.41. The van der Waals surface area contributed by atoms with Crippen LogP contribution in [-0.4, -0.2) is 68.9 Å². The smallest absolute Gasteiger partial charge is 0.229 e. The van der Waals surface area contributed by atoms with Crippen molar-refractivity contribution in [3.8, 4) is 17.0 Å². The second kappa shape index (κ2) is 9.82. The molecule has 3 aromatic rings. The van der Waals surface area contributed by atoms with Crippen LogP contribution in [0.4, 0.5) is 9.52 Å². The van der Waals surface area contributed by atoms with E-state index in [4.69, 9.17) is 9.47 Å². The van der Waals surface area contributed by atoms with Crippen LogP contribution in [0.25, 0.3) is 11.3 Å². The normalized spacial score (nSPS) is 25.8. The summed E-state index contributed by atoms with van der Waals surface area (Å²) in [6, 6.07) is 12.8. The molecule has 0 bridgehead atoms. The molecule has 0 amide bonds. The molecule has 1 aromatic heterocycles. The van der Waals surface area contributed by atoms with E-state index in [0.29, 0.717) is 16.6 Å². The zero-order chi connectivity index (χ0) is 22.7. The summed E-state index contributed by atoms with van der Waals surface area (Å²) in [5, 5.41) is 41.4. The summed E-state index contributed by atoms with van der Waals surface area (Å²) >= 11 is 1.36. The fraction of sp³-hybridized carbons (Fsp3) is 0.273. The number of nitrogens with zero attached hydrogens (tertiary/aromatic N) is 2. The maximum Gasteiger partial charge on any atom is 0.229 e. The first-order valence-corrected chi connectivity index (χ1v) is 10.7. The summed E-state index contributed by atoms with van der Waals surface area (Å²) in [5.74, 6) is 0.0560. The van der Waals surface area contributed by atoms with Crippen molar-refractivity contribution in [2.75, 3.05) is 6.61 Å². The molecule has 4 rings (SSSR count). The SMILES string of the molecule is OC[C@H]1O[C@@H](Oc2ccc(-c3csc(/N=C/c4ccc(F)cc4)n3)cc2)[C@H](O)[C@@H](O)[C@@H]1O. The van der Waals surface area contributed by atoms with Crippen LogP contribution in [0.15, 0.2) is 58.9 Å². The topological polar surface area (TPSA) is 125 Å². The van der Waals surface area contributed by atoms with Crippen LogP contribution in [-0.2, 0) is 4.74 Å². The highest BCUT2D eigenvalue weighted by Crippen LogP contribution is 2.29. The molecule has 2 heterocycles. The third-order valence-corrected chi connectivity index (χ3v) is 5.69. The molecule has 32 heavy (non-hydrogen) atoms. The molecule has 1 fully saturated rings. The first-order chi connectivity index (χ1) is 15.4. The van der Waals surface area contributed by atoms with Gasteiger partial charge in [-0.05, 0) is 42.0 Å². The maximum atomic E-state index is 13.0. The highest BCUT2D eigenvalue weighted by molar-refractivity contribution is 7.13. The highest BCUT2D eigenvalue weighted by Gasteiger charge is 2.44. The largest absolute Gasteiger partial charge is 0.462 e. The van der Waals surface area contributed by atoms with Crippen LogP contribution in [0, 0.1) is 5.82 Å². The quantitative estimate of drug-likeness (QED) is 0.414. The lowest BCUT2D eigenvalue weighted by Gasteiger charge is -2.39. The lowest BCUT2D eigenvalue weighted by molar-refractivity contribution is -0.277. The van der Waals surface area contributed by atoms with E-state index >= 15 is 0 Å². The van der Waals surface area contributed by atoms with Crippen LogP contribution in [0.1, 0.15) is 5.56 Å². The molecule has 0 radical (unpaired) electrons. The predicted octanol–water partition coefficient (Wildman–Crippen LogP) is 1.88. The van der Waals surface area contributed by atoms with Crippen molar-refractivity contribution in [3.63, 3.8) is 0 Å². The lowest BCUT2D eigenvalue weighted by Crippen LogP contribution is -2.60. The molecule has 10 heteroatoms. The summed E-state index contributed by atoms with van der Waals surface area (Å²) in [7, 11) is 0. The van der Waals surface area contributed by atoms with Gasteiger partial charge in [-0.15, -0.1) is 11.3 Å². The van der Waals surface area contributed by atoms with Crippen molar-refractivity contribution in [2.24, 2.45) is 4.99 Å². The van der Waals surface area contributed by atoms with Crippen molar-refractivity contribution < 1.29 is 34.3 Å². The van der Waals surface area contributed by atoms with E-state index in [1.807, 2.05) is 5.38 Å². The fourth-order valence-corrected chi connectivity index (χ4v) is 3.81. The van der Waals surface area contributed by atoms with Crippen molar-refractivity contribution in [1.82, 2.24) is 4.98 Å². The monoisotopic (exact) mass is 460 g/mol. The molecule has 168 valence electrons. The fourth-order valence-electron chi connectivity index (χ4n) is 3.14. The number of hydrogen-bond donors (Lipinski definition) is 4. The summed E-state index contributed by atoms with van der Waals surface area (Å²) in [6.45, 7) is -0.528. The Morgan fingerprint density at radius 2 is 1.75 bits per heavy atom. The van der Waals surface area contributed by atoms with Gasteiger partial charge in [0.2, 0.25) is 11.4 Å². The number of aliphatic hydroxyl groups excluding tert-OH is 4. The van der Waals surface area contributed by atoms with Gasteiger partial charge < -0.3 is 29.9 Å². The average molecular weight is 460 g/mol. The molecule has 2 aromatic carbocycles. The number of ether oxygens (including phenoxy) is 2. The number of rotatable bonds is 6. The van der Waals surface area contributed by atoms with Crippen molar-refractivity contribution in [1.29, 1.82) is 0 Å². The number of halogens is 1. The van der Waals surface area contributed by atoms with E-state index < -0.39 is 37.3 Å². The van der Waals surface area contributed by atoms with E-state index in [0.717, 1.165) is 11.1 Å².